The lowest BCUT2D eigenvalue weighted by molar-refractivity contribution is 0.0698. The Balaban J connectivity index is 2.31. The van der Waals surface area contributed by atoms with Crippen LogP contribution in [0.2, 0.25) is 0 Å². The highest BCUT2D eigenvalue weighted by atomic mass is 16.5. The van der Waals surface area contributed by atoms with E-state index >= 15 is 0 Å². The molecule has 0 aromatic carbocycles. The van der Waals surface area contributed by atoms with Crippen LogP contribution in [0.1, 0.15) is 71.5 Å². The van der Waals surface area contributed by atoms with Gasteiger partial charge in [0.2, 0.25) is 5.89 Å². The second-order valence-electron chi connectivity index (χ2n) is 6.97. The average molecular weight is 265 g/mol. The van der Waals surface area contributed by atoms with Gasteiger partial charge in [-0.05, 0) is 30.6 Å². The first kappa shape index (κ1) is 14.5. The van der Waals surface area contributed by atoms with E-state index in [1.807, 2.05) is 0 Å². The van der Waals surface area contributed by atoms with Crippen molar-refractivity contribution in [1.29, 1.82) is 0 Å². The van der Waals surface area contributed by atoms with Gasteiger partial charge in [0.25, 0.3) is 0 Å². The molecule has 108 valence electrons. The van der Waals surface area contributed by atoms with Gasteiger partial charge in [-0.3, -0.25) is 0 Å². The van der Waals surface area contributed by atoms with E-state index in [9.17, 15) is 0 Å². The Morgan fingerprint density at radius 2 is 2.11 bits per heavy atom. The summed E-state index contributed by atoms with van der Waals surface area (Å²) in [4.78, 5) is 4.56. The van der Waals surface area contributed by atoms with Crippen LogP contribution in [-0.2, 0) is 12.0 Å². The van der Waals surface area contributed by atoms with Crippen LogP contribution >= 0.6 is 0 Å². The minimum absolute atomic E-state index is 0.167. The Labute approximate surface area is 116 Å². The molecule has 1 aliphatic carbocycles. The molecule has 19 heavy (non-hydrogen) atoms. The predicted octanol–water partition coefficient (Wildman–Crippen LogP) is 3.41. The van der Waals surface area contributed by atoms with Crippen LogP contribution in [0.4, 0.5) is 0 Å². The molecule has 2 rings (SSSR count). The van der Waals surface area contributed by atoms with Gasteiger partial charge in [-0.25, -0.2) is 0 Å². The Hall–Kier alpha value is -0.900. The third kappa shape index (κ3) is 2.83. The molecule has 0 amide bonds. The minimum Gasteiger partial charge on any atom is -0.339 e. The molecule has 1 fully saturated rings. The lowest BCUT2D eigenvalue weighted by Crippen LogP contribution is -2.51. The van der Waals surface area contributed by atoms with Gasteiger partial charge in [0, 0.05) is 6.42 Å². The fraction of sp³-hybridized carbons (Fsp3) is 0.867. The number of nitrogens with zero attached hydrogens (tertiary/aromatic N) is 2. The van der Waals surface area contributed by atoms with Crippen molar-refractivity contribution in [3.8, 4) is 0 Å². The maximum atomic E-state index is 6.74. The van der Waals surface area contributed by atoms with Crippen molar-refractivity contribution in [2.45, 2.75) is 71.8 Å². The van der Waals surface area contributed by atoms with Gasteiger partial charge in [0.05, 0.1) is 5.54 Å². The number of aromatic nitrogens is 2. The van der Waals surface area contributed by atoms with E-state index in [4.69, 9.17) is 10.3 Å². The molecule has 1 aliphatic rings. The first-order chi connectivity index (χ1) is 8.88. The van der Waals surface area contributed by atoms with Crippen molar-refractivity contribution in [2.75, 3.05) is 0 Å². The van der Waals surface area contributed by atoms with E-state index in [1.54, 1.807) is 0 Å². The van der Waals surface area contributed by atoms with E-state index in [1.165, 1.54) is 6.42 Å². The highest BCUT2D eigenvalue weighted by Gasteiger charge is 2.47. The molecule has 1 heterocycles. The summed E-state index contributed by atoms with van der Waals surface area (Å²) in [6.07, 6.45) is 6.37. The van der Waals surface area contributed by atoms with Crippen molar-refractivity contribution in [2.24, 2.45) is 17.1 Å². The molecule has 2 N–H and O–H groups in total. The Bertz CT molecular complexity index is 421. The third-order valence-corrected chi connectivity index (χ3v) is 4.35. The van der Waals surface area contributed by atoms with Crippen LogP contribution in [0.15, 0.2) is 4.52 Å². The smallest absolute Gasteiger partial charge is 0.226 e. The average Bonchev–Trinajstić information content (AvgIpc) is 2.78. The minimum atomic E-state index is -0.425. The summed E-state index contributed by atoms with van der Waals surface area (Å²) in [6.45, 7) is 8.90. The first-order valence-electron chi connectivity index (χ1n) is 7.50. The molecule has 0 radical (unpaired) electrons. The van der Waals surface area contributed by atoms with Crippen LogP contribution in [-0.4, -0.2) is 10.1 Å². The lowest BCUT2D eigenvalue weighted by Gasteiger charge is -2.46. The zero-order valence-corrected chi connectivity index (χ0v) is 12.7. The summed E-state index contributed by atoms with van der Waals surface area (Å²) in [5.41, 5.74) is 6.48. The Morgan fingerprint density at radius 1 is 1.37 bits per heavy atom. The monoisotopic (exact) mass is 265 g/mol. The molecular weight excluding hydrogens is 238 g/mol. The normalized spacial score (nSPS) is 28.6. The standard InChI is InChI=1S/C15H27N3O/c1-5-8-12-17-13(18-19-12)15(16)10-7-6-9-11(15)14(2,3)4/h11H,5-10,16H2,1-4H3. The summed E-state index contributed by atoms with van der Waals surface area (Å²) in [5.74, 6) is 1.84. The maximum absolute atomic E-state index is 6.74. The molecule has 4 heteroatoms. The van der Waals surface area contributed by atoms with Gasteiger partial charge in [-0.15, -0.1) is 0 Å². The van der Waals surface area contributed by atoms with Crippen molar-refractivity contribution in [3.63, 3.8) is 0 Å². The molecule has 2 atom stereocenters. The van der Waals surface area contributed by atoms with Crippen molar-refractivity contribution in [1.82, 2.24) is 10.1 Å². The fourth-order valence-corrected chi connectivity index (χ4v) is 3.43. The molecule has 0 saturated heterocycles. The van der Waals surface area contributed by atoms with Crippen LogP contribution < -0.4 is 5.73 Å². The summed E-state index contributed by atoms with van der Waals surface area (Å²) in [5, 5.41) is 4.18. The summed E-state index contributed by atoms with van der Waals surface area (Å²) in [6, 6.07) is 0. The zero-order valence-electron chi connectivity index (χ0n) is 12.7. The highest BCUT2D eigenvalue weighted by Crippen LogP contribution is 2.47. The molecule has 2 unspecified atom stereocenters. The molecule has 1 saturated carbocycles. The maximum Gasteiger partial charge on any atom is 0.226 e. The van der Waals surface area contributed by atoms with Crippen LogP contribution in [0.5, 0.6) is 0 Å². The van der Waals surface area contributed by atoms with Crippen LogP contribution in [0.25, 0.3) is 0 Å². The molecular formula is C15H27N3O. The van der Waals surface area contributed by atoms with Crippen molar-refractivity contribution >= 4 is 0 Å². The number of hydrogen-bond donors (Lipinski definition) is 1. The quantitative estimate of drug-likeness (QED) is 0.909. The SMILES string of the molecule is CCCc1nc(C2(N)CCCCC2C(C)(C)C)no1. The zero-order chi connectivity index (χ0) is 14.1. The number of nitrogens with two attached hydrogens (primary N) is 1. The summed E-state index contributed by atoms with van der Waals surface area (Å²) >= 11 is 0. The largest absolute Gasteiger partial charge is 0.339 e. The van der Waals surface area contributed by atoms with Crippen LogP contribution in [0.3, 0.4) is 0 Å². The molecule has 1 aromatic heterocycles. The second kappa shape index (κ2) is 5.23. The fourth-order valence-electron chi connectivity index (χ4n) is 3.43. The second-order valence-corrected chi connectivity index (χ2v) is 6.97. The molecule has 0 spiro atoms. The van der Waals surface area contributed by atoms with Gasteiger partial charge in [-0.2, -0.15) is 4.98 Å². The number of rotatable bonds is 3. The topological polar surface area (TPSA) is 64.9 Å². The van der Waals surface area contributed by atoms with Crippen LogP contribution in [0, 0.1) is 11.3 Å². The van der Waals surface area contributed by atoms with Gasteiger partial charge >= 0.3 is 0 Å². The van der Waals surface area contributed by atoms with Gasteiger partial charge < -0.3 is 10.3 Å². The van der Waals surface area contributed by atoms with Gasteiger partial charge in [-0.1, -0.05) is 45.7 Å². The molecule has 0 bridgehead atoms. The predicted molar refractivity (Wildman–Crippen MR) is 75.6 cm³/mol. The lowest BCUT2D eigenvalue weighted by atomic mass is 9.62. The van der Waals surface area contributed by atoms with E-state index in [2.05, 4.69) is 37.8 Å². The highest BCUT2D eigenvalue weighted by molar-refractivity contribution is 5.11. The summed E-state index contributed by atoms with van der Waals surface area (Å²) < 4.78 is 5.34. The van der Waals surface area contributed by atoms with E-state index in [0.29, 0.717) is 5.92 Å². The van der Waals surface area contributed by atoms with E-state index < -0.39 is 5.54 Å². The Kier molecular flexibility index (Phi) is 4.00. The molecule has 0 aliphatic heterocycles. The van der Waals surface area contributed by atoms with Crippen molar-refractivity contribution in [3.05, 3.63) is 11.7 Å². The van der Waals surface area contributed by atoms with E-state index in [0.717, 1.165) is 43.8 Å². The number of hydrogen-bond acceptors (Lipinski definition) is 4. The van der Waals surface area contributed by atoms with Crippen molar-refractivity contribution < 1.29 is 4.52 Å². The number of aryl methyl sites for hydroxylation is 1. The van der Waals surface area contributed by atoms with Gasteiger partial charge in [0.15, 0.2) is 5.82 Å². The van der Waals surface area contributed by atoms with Gasteiger partial charge in [0.1, 0.15) is 0 Å². The first-order valence-corrected chi connectivity index (χ1v) is 7.50. The molecule has 4 nitrogen and oxygen atoms in total. The molecule has 1 aromatic rings. The Morgan fingerprint density at radius 3 is 2.74 bits per heavy atom. The summed E-state index contributed by atoms with van der Waals surface area (Å²) in [7, 11) is 0. The van der Waals surface area contributed by atoms with E-state index in [-0.39, 0.29) is 5.41 Å². The third-order valence-electron chi connectivity index (χ3n) is 4.35.